The number of benzene rings is 1. The molecule has 0 bridgehead atoms. The van der Waals surface area contributed by atoms with E-state index in [0.717, 1.165) is 19.3 Å². The number of carbonyl (C=O) groups is 1. The van der Waals surface area contributed by atoms with E-state index in [0.29, 0.717) is 5.92 Å². The first-order chi connectivity index (χ1) is 8.75. The fourth-order valence-corrected chi connectivity index (χ4v) is 3.09. The Bertz CT molecular complexity index is 585. The molecule has 0 aliphatic heterocycles. The predicted octanol–water partition coefficient (Wildman–Crippen LogP) is 3.45. The third kappa shape index (κ3) is 1.90. The lowest BCUT2D eigenvalue weighted by atomic mass is 9.84. The summed E-state index contributed by atoms with van der Waals surface area (Å²) in [7, 11) is 0. The molecule has 1 aliphatic carbocycles. The normalized spacial score (nSPS) is 18.8. The van der Waals surface area contributed by atoms with Crippen molar-refractivity contribution in [3.63, 3.8) is 0 Å². The van der Waals surface area contributed by atoms with Gasteiger partial charge in [0.15, 0.2) is 0 Å². The Hall–Kier alpha value is -1.77. The monoisotopic (exact) mass is 243 g/mol. The molecular formula is C15H17NO2. The lowest BCUT2D eigenvalue weighted by molar-refractivity contribution is -0.137. The molecule has 3 nitrogen and oxygen atoms in total. The topological polar surface area (TPSA) is 53.1 Å². The summed E-state index contributed by atoms with van der Waals surface area (Å²) >= 11 is 0. The molecule has 1 aromatic heterocycles. The summed E-state index contributed by atoms with van der Waals surface area (Å²) in [6.45, 7) is 0. The second-order valence-electron chi connectivity index (χ2n) is 5.08. The molecule has 1 heterocycles. The summed E-state index contributed by atoms with van der Waals surface area (Å²) in [4.78, 5) is 14.2. The van der Waals surface area contributed by atoms with E-state index in [1.54, 1.807) is 0 Å². The summed E-state index contributed by atoms with van der Waals surface area (Å²) in [5.41, 5.74) is 3.88. The van der Waals surface area contributed by atoms with Crippen molar-refractivity contribution in [3.8, 4) is 0 Å². The van der Waals surface area contributed by atoms with E-state index in [9.17, 15) is 4.79 Å². The van der Waals surface area contributed by atoms with Gasteiger partial charge in [0, 0.05) is 23.0 Å². The molecule has 94 valence electrons. The van der Waals surface area contributed by atoms with Crippen LogP contribution in [0.1, 0.15) is 42.9 Å². The Balaban J connectivity index is 1.97. The van der Waals surface area contributed by atoms with E-state index in [2.05, 4.69) is 23.2 Å². The molecule has 0 amide bonds. The van der Waals surface area contributed by atoms with Crippen molar-refractivity contribution >= 4 is 16.9 Å². The lowest BCUT2D eigenvalue weighted by Gasteiger charge is -2.22. The van der Waals surface area contributed by atoms with Gasteiger partial charge in [-0.05, 0) is 43.2 Å². The van der Waals surface area contributed by atoms with Gasteiger partial charge in [-0.2, -0.15) is 0 Å². The minimum atomic E-state index is -0.696. The highest BCUT2D eigenvalue weighted by atomic mass is 16.4. The van der Waals surface area contributed by atoms with Crippen molar-refractivity contribution in [3.05, 3.63) is 35.5 Å². The van der Waals surface area contributed by atoms with Gasteiger partial charge in [-0.1, -0.05) is 18.2 Å². The summed E-state index contributed by atoms with van der Waals surface area (Å²) < 4.78 is 0. The molecule has 0 saturated heterocycles. The van der Waals surface area contributed by atoms with Gasteiger partial charge >= 0.3 is 5.97 Å². The number of aromatic nitrogens is 1. The zero-order valence-electron chi connectivity index (χ0n) is 10.3. The first-order valence-electron chi connectivity index (χ1n) is 6.57. The van der Waals surface area contributed by atoms with E-state index in [1.165, 1.54) is 28.6 Å². The van der Waals surface area contributed by atoms with E-state index in [-0.39, 0.29) is 6.42 Å². The number of carboxylic acids is 1. The smallest absolute Gasteiger partial charge is 0.303 e. The zero-order chi connectivity index (χ0) is 12.5. The minimum absolute atomic E-state index is 0.263. The number of para-hydroxylation sites is 1. The average Bonchev–Trinajstić information content (AvgIpc) is 2.75. The molecule has 1 aliphatic rings. The van der Waals surface area contributed by atoms with E-state index in [1.807, 2.05) is 6.07 Å². The van der Waals surface area contributed by atoms with Gasteiger partial charge in [0.05, 0.1) is 0 Å². The Morgan fingerprint density at radius 1 is 1.39 bits per heavy atom. The summed E-state index contributed by atoms with van der Waals surface area (Å²) in [6.07, 6.45) is 4.39. The molecule has 0 fully saturated rings. The van der Waals surface area contributed by atoms with Crippen molar-refractivity contribution in [2.45, 2.75) is 38.0 Å². The van der Waals surface area contributed by atoms with Crippen LogP contribution in [0.4, 0.5) is 0 Å². The predicted molar refractivity (Wildman–Crippen MR) is 70.8 cm³/mol. The van der Waals surface area contributed by atoms with Crippen molar-refractivity contribution in [2.24, 2.45) is 0 Å². The van der Waals surface area contributed by atoms with Crippen LogP contribution in [0, 0.1) is 0 Å². The molecule has 2 aromatic rings. The van der Waals surface area contributed by atoms with Crippen LogP contribution in [0.3, 0.4) is 0 Å². The second-order valence-corrected chi connectivity index (χ2v) is 5.08. The minimum Gasteiger partial charge on any atom is -0.481 e. The Morgan fingerprint density at radius 2 is 2.22 bits per heavy atom. The SMILES string of the molecule is O=C(O)CCC1CCCc2c1[nH]c1ccccc21. The highest BCUT2D eigenvalue weighted by Gasteiger charge is 2.24. The molecular weight excluding hydrogens is 226 g/mol. The molecule has 1 aromatic carbocycles. The molecule has 1 unspecified atom stereocenters. The summed E-state index contributed by atoms with van der Waals surface area (Å²) in [6, 6.07) is 8.36. The molecule has 3 rings (SSSR count). The van der Waals surface area contributed by atoms with E-state index >= 15 is 0 Å². The number of carboxylic acid groups (broad SMARTS) is 1. The fourth-order valence-electron chi connectivity index (χ4n) is 3.09. The van der Waals surface area contributed by atoms with Gasteiger partial charge < -0.3 is 10.1 Å². The number of rotatable bonds is 3. The van der Waals surface area contributed by atoms with Crippen LogP contribution in [-0.4, -0.2) is 16.1 Å². The molecule has 0 radical (unpaired) electrons. The number of nitrogens with one attached hydrogen (secondary N) is 1. The number of aromatic amines is 1. The number of hydrogen-bond acceptors (Lipinski definition) is 1. The fraction of sp³-hybridized carbons (Fsp3) is 0.400. The zero-order valence-corrected chi connectivity index (χ0v) is 10.3. The van der Waals surface area contributed by atoms with Gasteiger partial charge in [-0.25, -0.2) is 0 Å². The number of aliphatic carboxylic acids is 1. The van der Waals surface area contributed by atoms with Crippen LogP contribution >= 0.6 is 0 Å². The van der Waals surface area contributed by atoms with Crippen LogP contribution in [0.2, 0.25) is 0 Å². The number of hydrogen-bond donors (Lipinski definition) is 2. The van der Waals surface area contributed by atoms with Crippen molar-refractivity contribution in [2.75, 3.05) is 0 Å². The highest BCUT2D eigenvalue weighted by molar-refractivity contribution is 5.85. The summed E-state index contributed by atoms with van der Waals surface area (Å²) in [5, 5.41) is 10.1. The molecule has 18 heavy (non-hydrogen) atoms. The first-order valence-corrected chi connectivity index (χ1v) is 6.57. The Labute approximate surface area is 106 Å². The average molecular weight is 243 g/mol. The number of fused-ring (bicyclic) bond motifs is 3. The maximum absolute atomic E-state index is 10.7. The van der Waals surface area contributed by atoms with Gasteiger partial charge in [0.1, 0.15) is 0 Å². The lowest BCUT2D eigenvalue weighted by Crippen LogP contribution is -2.10. The highest BCUT2D eigenvalue weighted by Crippen LogP contribution is 2.38. The van der Waals surface area contributed by atoms with E-state index < -0.39 is 5.97 Å². The molecule has 0 saturated carbocycles. The molecule has 2 N–H and O–H groups in total. The van der Waals surface area contributed by atoms with Gasteiger partial charge in [0.25, 0.3) is 0 Å². The molecule has 3 heteroatoms. The van der Waals surface area contributed by atoms with Crippen LogP contribution in [0.5, 0.6) is 0 Å². The van der Waals surface area contributed by atoms with Gasteiger partial charge in [-0.15, -0.1) is 0 Å². The molecule has 1 atom stereocenters. The van der Waals surface area contributed by atoms with Gasteiger partial charge in [0.2, 0.25) is 0 Å². The number of aryl methyl sites for hydroxylation is 1. The third-order valence-corrected chi connectivity index (χ3v) is 3.94. The second kappa shape index (κ2) is 4.48. The van der Waals surface area contributed by atoms with Crippen LogP contribution in [-0.2, 0) is 11.2 Å². The van der Waals surface area contributed by atoms with E-state index in [4.69, 9.17) is 5.11 Å². The maximum atomic E-state index is 10.7. The largest absolute Gasteiger partial charge is 0.481 e. The van der Waals surface area contributed by atoms with Crippen LogP contribution in [0.15, 0.2) is 24.3 Å². The Morgan fingerprint density at radius 3 is 3.06 bits per heavy atom. The first kappa shape index (κ1) is 11.3. The van der Waals surface area contributed by atoms with Gasteiger partial charge in [-0.3, -0.25) is 4.79 Å². The van der Waals surface area contributed by atoms with Crippen molar-refractivity contribution in [1.29, 1.82) is 0 Å². The maximum Gasteiger partial charge on any atom is 0.303 e. The van der Waals surface area contributed by atoms with Crippen molar-refractivity contribution in [1.82, 2.24) is 4.98 Å². The third-order valence-electron chi connectivity index (χ3n) is 3.94. The summed E-state index contributed by atoms with van der Waals surface area (Å²) in [5.74, 6) is -0.310. The Kier molecular flexibility index (Phi) is 2.82. The van der Waals surface area contributed by atoms with Crippen LogP contribution in [0.25, 0.3) is 10.9 Å². The number of H-pyrrole nitrogens is 1. The standard InChI is InChI=1S/C15H17NO2/c17-14(18)9-8-10-4-3-6-12-11-5-1-2-7-13(11)16-15(10)12/h1-2,5,7,10,16H,3-4,6,8-9H2,(H,17,18). The molecule has 0 spiro atoms. The van der Waals surface area contributed by atoms with Crippen molar-refractivity contribution < 1.29 is 9.90 Å². The van der Waals surface area contributed by atoms with Crippen LogP contribution < -0.4 is 0 Å². The quantitative estimate of drug-likeness (QED) is 0.867.